The molecule has 0 atom stereocenters. The van der Waals surface area contributed by atoms with Gasteiger partial charge in [-0.15, -0.1) is 0 Å². The molecule has 2 N–H and O–H groups in total. The van der Waals surface area contributed by atoms with Gasteiger partial charge >= 0.3 is 5.97 Å². The third-order valence-corrected chi connectivity index (χ3v) is 2.94. The standard InChI is InChI=1S/C16H15NO6/c1-21-12-6-5-10(9-14(12)22-2)8-11(16(19)20)17-15(18)13-4-3-7-23-13/h3-9H,1-2H3,(H,17,18)(H,19,20). The molecule has 0 fully saturated rings. The van der Waals surface area contributed by atoms with Crippen LogP contribution in [0.5, 0.6) is 11.5 Å². The summed E-state index contributed by atoms with van der Waals surface area (Å²) in [6.07, 6.45) is 2.64. The lowest BCUT2D eigenvalue weighted by molar-refractivity contribution is -0.132. The summed E-state index contributed by atoms with van der Waals surface area (Å²) in [7, 11) is 2.97. The normalized spacial score (nSPS) is 11.0. The molecule has 0 aliphatic rings. The number of carbonyl (C=O) groups is 2. The summed E-state index contributed by atoms with van der Waals surface area (Å²) in [5, 5.41) is 11.5. The maximum absolute atomic E-state index is 11.9. The number of hydrogen-bond acceptors (Lipinski definition) is 5. The van der Waals surface area contributed by atoms with E-state index in [2.05, 4.69) is 5.32 Å². The zero-order valence-electron chi connectivity index (χ0n) is 12.5. The molecular formula is C16H15NO6. The molecule has 120 valence electrons. The first-order valence-electron chi connectivity index (χ1n) is 6.57. The third kappa shape index (κ3) is 3.91. The van der Waals surface area contributed by atoms with Crippen molar-refractivity contribution < 1.29 is 28.6 Å². The predicted octanol–water partition coefficient (Wildman–Crippen LogP) is 2.15. The summed E-state index contributed by atoms with van der Waals surface area (Å²) in [6.45, 7) is 0. The van der Waals surface area contributed by atoms with Crippen molar-refractivity contribution in [1.29, 1.82) is 0 Å². The number of methoxy groups -OCH3 is 2. The van der Waals surface area contributed by atoms with Gasteiger partial charge in [0.2, 0.25) is 0 Å². The summed E-state index contributed by atoms with van der Waals surface area (Å²) in [5.74, 6) is -0.947. The number of carbonyl (C=O) groups excluding carboxylic acids is 1. The second-order valence-corrected chi connectivity index (χ2v) is 4.41. The van der Waals surface area contributed by atoms with Gasteiger partial charge in [0.15, 0.2) is 17.3 Å². The Kier molecular flexibility index (Phi) is 5.03. The zero-order chi connectivity index (χ0) is 16.8. The van der Waals surface area contributed by atoms with E-state index < -0.39 is 11.9 Å². The lowest BCUT2D eigenvalue weighted by Gasteiger charge is -2.09. The molecule has 7 nitrogen and oxygen atoms in total. The average Bonchev–Trinajstić information content (AvgIpc) is 3.08. The van der Waals surface area contributed by atoms with E-state index in [9.17, 15) is 14.7 Å². The number of ether oxygens (including phenoxy) is 2. The van der Waals surface area contributed by atoms with Crippen LogP contribution in [0, 0.1) is 0 Å². The molecule has 2 aromatic rings. The second-order valence-electron chi connectivity index (χ2n) is 4.41. The van der Waals surface area contributed by atoms with Gasteiger partial charge in [0.25, 0.3) is 5.91 Å². The molecule has 1 aromatic carbocycles. The topological polar surface area (TPSA) is 98.0 Å². The molecule has 0 spiro atoms. The van der Waals surface area contributed by atoms with E-state index in [0.29, 0.717) is 17.1 Å². The number of nitrogens with one attached hydrogen (secondary N) is 1. The maximum atomic E-state index is 11.9. The van der Waals surface area contributed by atoms with Crippen LogP contribution in [0.3, 0.4) is 0 Å². The summed E-state index contributed by atoms with van der Waals surface area (Å²) < 4.78 is 15.2. The average molecular weight is 317 g/mol. The number of furan rings is 1. The van der Waals surface area contributed by atoms with Gasteiger partial charge in [-0.05, 0) is 35.9 Å². The van der Waals surface area contributed by atoms with Gasteiger partial charge in [0, 0.05) is 0 Å². The lowest BCUT2D eigenvalue weighted by Crippen LogP contribution is -2.26. The Balaban J connectivity index is 2.28. The fourth-order valence-electron chi connectivity index (χ4n) is 1.85. The Morgan fingerprint density at radius 1 is 1.17 bits per heavy atom. The fourth-order valence-corrected chi connectivity index (χ4v) is 1.85. The van der Waals surface area contributed by atoms with Crippen LogP contribution in [0.2, 0.25) is 0 Å². The van der Waals surface area contributed by atoms with Gasteiger partial charge in [-0.2, -0.15) is 0 Å². The van der Waals surface area contributed by atoms with Crippen LogP contribution in [0.25, 0.3) is 6.08 Å². The highest BCUT2D eigenvalue weighted by Crippen LogP contribution is 2.28. The molecule has 1 amide bonds. The molecular weight excluding hydrogens is 302 g/mol. The fraction of sp³-hybridized carbons (Fsp3) is 0.125. The van der Waals surface area contributed by atoms with E-state index in [1.54, 1.807) is 18.2 Å². The first kappa shape index (κ1) is 16.2. The molecule has 0 radical (unpaired) electrons. The second kappa shape index (κ2) is 7.17. The molecule has 0 aliphatic carbocycles. The Morgan fingerprint density at radius 2 is 1.91 bits per heavy atom. The van der Waals surface area contributed by atoms with Crippen LogP contribution < -0.4 is 14.8 Å². The minimum atomic E-state index is -1.28. The van der Waals surface area contributed by atoms with E-state index >= 15 is 0 Å². The molecule has 0 bridgehead atoms. The number of amides is 1. The van der Waals surface area contributed by atoms with Crippen LogP contribution in [0.15, 0.2) is 46.7 Å². The SMILES string of the molecule is COc1ccc(C=C(NC(=O)c2ccco2)C(=O)O)cc1OC. The van der Waals surface area contributed by atoms with Gasteiger partial charge in [0.05, 0.1) is 20.5 Å². The third-order valence-electron chi connectivity index (χ3n) is 2.94. The van der Waals surface area contributed by atoms with Crippen LogP contribution in [0.1, 0.15) is 16.1 Å². The largest absolute Gasteiger partial charge is 0.493 e. The van der Waals surface area contributed by atoms with Crippen molar-refractivity contribution in [3.8, 4) is 11.5 Å². The zero-order valence-corrected chi connectivity index (χ0v) is 12.5. The minimum absolute atomic E-state index is 0.0180. The monoisotopic (exact) mass is 317 g/mol. The quantitative estimate of drug-likeness (QED) is 0.792. The Bertz CT molecular complexity index is 733. The summed E-state index contributed by atoms with van der Waals surface area (Å²) in [6, 6.07) is 7.85. The first-order chi connectivity index (χ1) is 11.0. The number of rotatable bonds is 6. The van der Waals surface area contributed by atoms with Crippen molar-refractivity contribution in [2.24, 2.45) is 0 Å². The molecule has 1 heterocycles. The molecule has 7 heteroatoms. The van der Waals surface area contributed by atoms with E-state index in [1.807, 2.05) is 0 Å². The smallest absolute Gasteiger partial charge is 0.352 e. The van der Waals surface area contributed by atoms with Crippen molar-refractivity contribution in [2.45, 2.75) is 0 Å². The van der Waals surface area contributed by atoms with Gasteiger partial charge < -0.3 is 24.3 Å². The molecule has 23 heavy (non-hydrogen) atoms. The predicted molar refractivity (Wildman–Crippen MR) is 81.3 cm³/mol. The summed E-state index contributed by atoms with van der Waals surface area (Å²) >= 11 is 0. The molecule has 0 unspecified atom stereocenters. The number of carboxylic acids is 1. The van der Waals surface area contributed by atoms with Crippen LogP contribution >= 0.6 is 0 Å². The maximum Gasteiger partial charge on any atom is 0.352 e. The van der Waals surface area contributed by atoms with Crippen molar-refractivity contribution >= 4 is 18.0 Å². The molecule has 0 aliphatic heterocycles. The van der Waals surface area contributed by atoms with Crippen molar-refractivity contribution in [3.05, 3.63) is 53.6 Å². The van der Waals surface area contributed by atoms with Crippen molar-refractivity contribution in [3.63, 3.8) is 0 Å². The Hall–Kier alpha value is -3.22. The minimum Gasteiger partial charge on any atom is -0.493 e. The Labute approximate surface area is 132 Å². The summed E-state index contributed by atoms with van der Waals surface area (Å²) in [4.78, 5) is 23.2. The Morgan fingerprint density at radius 3 is 2.48 bits per heavy atom. The van der Waals surface area contributed by atoms with Gasteiger partial charge in [-0.3, -0.25) is 4.79 Å². The van der Waals surface area contributed by atoms with Crippen LogP contribution in [-0.2, 0) is 4.79 Å². The van der Waals surface area contributed by atoms with Crippen LogP contribution in [0.4, 0.5) is 0 Å². The number of aliphatic carboxylic acids is 1. The van der Waals surface area contributed by atoms with Gasteiger partial charge in [-0.25, -0.2) is 4.79 Å². The van der Waals surface area contributed by atoms with Crippen molar-refractivity contribution in [2.75, 3.05) is 14.2 Å². The molecule has 1 aromatic heterocycles. The molecule has 0 saturated heterocycles. The van der Waals surface area contributed by atoms with Crippen molar-refractivity contribution in [1.82, 2.24) is 5.32 Å². The highest BCUT2D eigenvalue weighted by Gasteiger charge is 2.15. The van der Waals surface area contributed by atoms with Gasteiger partial charge in [0.1, 0.15) is 5.70 Å². The van der Waals surface area contributed by atoms with E-state index in [4.69, 9.17) is 13.9 Å². The number of carboxylic acid groups (broad SMARTS) is 1. The highest BCUT2D eigenvalue weighted by molar-refractivity contribution is 6.01. The number of hydrogen-bond donors (Lipinski definition) is 2. The highest BCUT2D eigenvalue weighted by atomic mass is 16.5. The summed E-state index contributed by atoms with van der Waals surface area (Å²) in [5.41, 5.74) is 0.235. The lowest BCUT2D eigenvalue weighted by atomic mass is 10.1. The molecule has 0 saturated carbocycles. The van der Waals surface area contributed by atoms with Gasteiger partial charge in [-0.1, -0.05) is 6.07 Å². The van der Waals surface area contributed by atoms with E-state index in [-0.39, 0.29) is 11.5 Å². The first-order valence-corrected chi connectivity index (χ1v) is 6.57. The number of benzene rings is 1. The molecule has 2 rings (SSSR count). The van der Waals surface area contributed by atoms with E-state index in [1.165, 1.54) is 38.7 Å². The van der Waals surface area contributed by atoms with E-state index in [0.717, 1.165) is 0 Å². The van der Waals surface area contributed by atoms with Crippen LogP contribution in [-0.4, -0.2) is 31.2 Å².